The molecule has 9 aromatic carbocycles. The molecular formula is C61H41NO2. The number of anilines is 3. The van der Waals surface area contributed by atoms with Gasteiger partial charge in [-0.15, -0.1) is 0 Å². The molecule has 0 fully saturated rings. The third kappa shape index (κ3) is 5.54. The zero-order chi connectivity index (χ0) is 42.2. The van der Waals surface area contributed by atoms with E-state index in [1.807, 2.05) is 0 Å². The monoisotopic (exact) mass is 819 g/mol. The van der Waals surface area contributed by atoms with Crippen molar-refractivity contribution in [3.05, 3.63) is 252 Å². The van der Waals surface area contributed by atoms with E-state index in [2.05, 4.69) is 229 Å². The molecule has 3 nitrogen and oxygen atoms in total. The Bertz CT molecular complexity index is 3370. The van der Waals surface area contributed by atoms with Crippen LogP contribution in [0.5, 0.6) is 23.0 Å². The summed E-state index contributed by atoms with van der Waals surface area (Å²) in [6.45, 7) is 0. The molecule has 0 N–H and O–H groups in total. The standard InChI is InChI=1S/C61H41NO2/c1-3-17-40(18-4-1)42-21-15-22-43(35-42)44-23-16-24-45(36-44)62(56-32-14-10-25-47(56)41-19-5-2-6-20-41)46-33-34-57-58(37-46)64-59-38-51-50-28-9-13-31-54(50)61(55(51)39-60(59)63-57)52-29-11-7-26-48(52)49-27-8-12-30-53(49)61/h1,3-5,7-39H,2,6H2. The summed E-state index contributed by atoms with van der Waals surface area (Å²) in [5.41, 5.74) is 19.8. The fraction of sp³-hybridized carbons (Fsp3) is 0.0492. The van der Waals surface area contributed by atoms with Crippen LogP contribution in [0.1, 0.15) is 40.7 Å². The molecule has 0 saturated heterocycles. The predicted octanol–water partition coefficient (Wildman–Crippen LogP) is 16.5. The number of hydrogen-bond donors (Lipinski definition) is 0. The lowest BCUT2D eigenvalue weighted by atomic mass is 9.70. The average molecular weight is 820 g/mol. The second kappa shape index (κ2) is 14.5. The molecule has 0 aromatic heterocycles. The first kappa shape index (κ1) is 36.5. The van der Waals surface area contributed by atoms with E-state index >= 15 is 0 Å². The molecule has 64 heavy (non-hydrogen) atoms. The van der Waals surface area contributed by atoms with Crippen molar-refractivity contribution in [1.29, 1.82) is 0 Å². The van der Waals surface area contributed by atoms with E-state index in [-0.39, 0.29) is 0 Å². The Morgan fingerprint density at radius 2 is 0.906 bits per heavy atom. The van der Waals surface area contributed by atoms with Gasteiger partial charge in [0.05, 0.1) is 16.8 Å². The summed E-state index contributed by atoms with van der Waals surface area (Å²) in [4.78, 5) is 2.36. The average Bonchev–Trinajstić information content (AvgIpc) is 3.83. The van der Waals surface area contributed by atoms with Gasteiger partial charge in [0.1, 0.15) is 0 Å². The van der Waals surface area contributed by atoms with Gasteiger partial charge in [0.2, 0.25) is 0 Å². The van der Waals surface area contributed by atoms with Gasteiger partial charge in [-0.25, -0.2) is 0 Å². The minimum Gasteiger partial charge on any atom is -0.449 e. The fourth-order valence-electron chi connectivity index (χ4n) is 10.8. The molecule has 0 radical (unpaired) electrons. The highest BCUT2D eigenvalue weighted by atomic mass is 16.6. The SMILES string of the molecule is C1=CC(c2ccccc2N(c2cccc(-c3cccc(-c4ccccc4)c3)c2)c2ccc3c(c2)Oc2cc4c(cc2O3)C2(c3ccccc3-c3ccccc32)c2ccccc2-4)=CCC1. The quantitative estimate of drug-likeness (QED) is 0.167. The van der Waals surface area contributed by atoms with Crippen molar-refractivity contribution >= 4 is 22.6 Å². The van der Waals surface area contributed by atoms with Gasteiger partial charge in [-0.3, -0.25) is 0 Å². The van der Waals surface area contributed by atoms with Gasteiger partial charge in [-0.05, 0) is 134 Å². The van der Waals surface area contributed by atoms with Gasteiger partial charge >= 0.3 is 0 Å². The molecule has 302 valence electrons. The highest BCUT2D eigenvalue weighted by Gasteiger charge is 2.52. The molecule has 3 aliphatic carbocycles. The molecule has 0 unspecified atom stereocenters. The summed E-state index contributed by atoms with van der Waals surface area (Å²) < 4.78 is 13.9. The molecule has 1 aliphatic heterocycles. The minimum absolute atomic E-state index is 0.462. The van der Waals surface area contributed by atoms with Gasteiger partial charge in [-0.1, -0.05) is 170 Å². The van der Waals surface area contributed by atoms with E-state index in [0.717, 1.165) is 46.8 Å². The summed E-state index contributed by atoms with van der Waals surface area (Å²) in [6.07, 6.45) is 8.97. The first-order chi connectivity index (χ1) is 31.7. The minimum atomic E-state index is -0.462. The Morgan fingerprint density at radius 3 is 1.62 bits per heavy atom. The van der Waals surface area contributed by atoms with Crippen LogP contribution in [0.25, 0.3) is 50.1 Å². The zero-order valence-electron chi connectivity index (χ0n) is 35.0. The third-order valence-electron chi connectivity index (χ3n) is 13.5. The van der Waals surface area contributed by atoms with Gasteiger partial charge in [-0.2, -0.15) is 0 Å². The van der Waals surface area contributed by atoms with E-state index in [0.29, 0.717) is 17.2 Å². The van der Waals surface area contributed by atoms with Crippen LogP contribution in [0.3, 0.4) is 0 Å². The molecule has 0 saturated carbocycles. The molecule has 4 aliphatic rings. The van der Waals surface area contributed by atoms with Crippen LogP contribution in [0.4, 0.5) is 17.1 Å². The summed E-state index contributed by atoms with van der Waals surface area (Å²) in [7, 11) is 0. The van der Waals surface area contributed by atoms with Crippen molar-refractivity contribution in [3.8, 4) is 67.5 Å². The van der Waals surface area contributed by atoms with Crippen LogP contribution < -0.4 is 14.4 Å². The summed E-state index contributed by atoms with van der Waals surface area (Å²) in [6, 6.07) is 74.4. The number of nitrogens with zero attached hydrogens (tertiary/aromatic N) is 1. The van der Waals surface area contributed by atoms with Crippen LogP contribution in [0.15, 0.2) is 224 Å². The van der Waals surface area contributed by atoms with E-state index in [9.17, 15) is 0 Å². The largest absolute Gasteiger partial charge is 0.449 e. The highest BCUT2D eigenvalue weighted by Crippen LogP contribution is 2.64. The smallest absolute Gasteiger partial charge is 0.172 e. The second-order valence-corrected chi connectivity index (χ2v) is 17.1. The van der Waals surface area contributed by atoms with Crippen molar-refractivity contribution in [3.63, 3.8) is 0 Å². The maximum atomic E-state index is 6.99. The molecule has 9 aromatic rings. The number of rotatable bonds is 6. The Hall–Kier alpha value is -8.14. The number of benzene rings is 9. The Morgan fingerprint density at radius 1 is 0.359 bits per heavy atom. The molecule has 1 spiro atoms. The normalized spacial score (nSPS) is 14.2. The van der Waals surface area contributed by atoms with E-state index in [4.69, 9.17) is 9.47 Å². The van der Waals surface area contributed by atoms with Gasteiger partial charge in [0.25, 0.3) is 0 Å². The van der Waals surface area contributed by atoms with Crippen molar-refractivity contribution in [2.75, 3.05) is 4.90 Å². The van der Waals surface area contributed by atoms with Crippen LogP contribution in [-0.2, 0) is 5.41 Å². The molecule has 13 rings (SSSR count). The topological polar surface area (TPSA) is 21.7 Å². The third-order valence-corrected chi connectivity index (χ3v) is 13.5. The van der Waals surface area contributed by atoms with Gasteiger partial charge in [0, 0.05) is 17.3 Å². The summed E-state index contributed by atoms with van der Waals surface area (Å²) in [5, 5.41) is 0. The summed E-state index contributed by atoms with van der Waals surface area (Å²) in [5.74, 6) is 2.79. The molecule has 0 amide bonds. The Labute approximate surface area is 373 Å². The Balaban J connectivity index is 0.936. The lowest BCUT2D eigenvalue weighted by molar-refractivity contribution is 0.359. The van der Waals surface area contributed by atoms with Crippen LogP contribution >= 0.6 is 0 Å². The molecule has 0 atom stereocenters. The lowest BCUT2D eigenvalue weighted by Crippen LogP contribution is -2.25. The second-order valence-electron chi connectivity index (χ2n) is 17.1. The van der Waals surface area contributed by atoms with Gasteiger partial charge < -0.3 is 14.4 Å². The predicted molar refractivity (Wildman–Crippen MR) is 261 cm³/mol. The fourth-order valence-corrected chi connectivity index (χ4v) is 10.8. The molecule has 3 heteroatoms. The number of para-hydroxylation sites is 1. The molecular weight excluding hydrogens is 779 g/mol. The first-order valence-corrected chi connectivity index (χ1v) is 22.2. The lowest BCUT2D eigenvalue weighted by Gasteiger charge is -2.32. The van der Waals surface area contributed by atoms with Gasteiger partial charge in [0.15, 0.2) is 23.0 Å². The van der Waals surface area contributed by atoms with Crippen molar-refractivity contribution in [1.82, 2.24) is 0 Å². The van der Waals surface area contributed by atoms with Crippen molar-refractivity contribution in [2.45, 2.75) is 18.3 Å². The van der Waals surface area contributed by atoms with Crippen LogP contribution in [-0.4, -0.2) is 0 Å². The molecule has 0 bridgehead atoms. The van der Waals surface area contributed by atoms with E-state index in [1.165, 1.54) is 66.8 Å². The highest BCUT2D eigenvalue weighted by molar-refractivity contribution is 5.96. The first-order valence-electron chi connectivity index (χ1n) is 22.2. The maximum Gasteiger partial charge on any atom is 0.172 e. The summed E-state index contributed by atoms with van der Waals surface area (Å²) >= 11 is 0. The van der Waals surface area contributed by atoms with E-state index < -0.39 is 5.41 Å². The van der Waals surface area contributed by atoms with Crippen LogP contribution in [0, 0.1) is 0 Å². The Kier molecular flexibility index (Phi) is 8.26. The van der Waals surface area contributed by atoms with E-state index in [1.54, 1.807) is 0 Å². The maximum absolute atomic E-state index is 6.99. The van der Waals surface area contributed by atoms with Crippen LogP contribution in [0.2, 0.25) is 0 Å². The number of ether oxygens (including phenoxy) is 2. The number of allylic oxidation sites excluding steroid dienone is 4. The number of hydrogen-bond acceptors (Lipinski definition) is 3. The molecule has 1 heterocycles. The zero-order valence-corrected chi connectivity index (χ0v) is 35.0. The van der Waals surface area contributed by atoms with Crippen molar-refractivity contribution < 1.29 is 9.47 Å². The number of fused-ring (bicyclic) bond motifs is 12. The van der Waals surface area contributed by atoms with Crippen molar-refractivity contribution in [2.24, 2.45) is 0 Å².